The third-order valence-electron chi connectivity index (χ3n) is 3.42. The van der Waals surface area contributed by atoms with Gasteiger partial charge in [-0.25, -0.2) is 18.4 Å². The molecule has 0 saturated carbocycles. The summed E-state index contributed by atoms with van der Waals surface area (Å²) in [6, 6.07) is 7.97. The molecule has 136 valence electrons. The summed E-state index contributed by atoms with van der Waals surface area (Å²) in [5.41, 5.74) is 1.92. The Bertz CT molecular complexity index is 1070. The van der Waals surface area contributed by atoms with Gasteiger partial charge in [-0.1, -0.05) is 34.5 Å². The summed E-state index contributed by atoms with van der Waals surface area (Å²) in [6.07, 6.45) is 2.66. The van der Waals surface area contributed by atoms with Gasteiger partial charge in [0.15, 0.2) is 15.0 Å². The van der Waals surface area contributed by atoms with E-state index in [2.05, 4.69) is 15.3 Å². The molecule has 26 heavy (non-hydrogen) atoms. The van der Waals surface area contributed by atoms with Crippen LogP contribution in [0.15, 0.2) is 41.4 Å². The van der Waals surface area contributed by atoms with Crippen molar-refractivity contribution in [3.63, 3.8) is 0 Å². The van der Waals surface area contributed by atoms with Gasteiger partial charge in [-0.2, -0.15) is 0 Å². The molecule has 0 amide bonds. The summed E-state index contributed by atoms with van der Waals surface area (Å²) >= 11 is 13.3. The van der Waals surface area contributed by atoms with Crippen LogP contribution in [0.1, 0.15) is 4.88 Å². The molecule has 6 nitrogen and oxygen atoms in total. The number of sulfone groups is 1. The maximum Gasteiger partial charge on any atom is 0.188 e. The van der Waals surface area contributed by atoms with Crippen molar-refractivity contribution in [1.29, 1.82) is 0 Å². The monoisotopic (exact) mass is 429 g/mol. The molecule has 0 aliphatic carbocycles. The second-order valence-electron chi connectivity index (χ2n) is 5.36. The van der Waals surface area contributed by atoms with Crippen molar-refractivity contribution in [3.8, 4) is 11.3 Å². The first-order chi connectivity index (χ1) is 12.3. The topological polar surface area (TPSA) is 92.2 Å². The van der Waals surface area contributed by atoms with E-state index >= 15 is 0 Å². The highest BCUT2D eigenvalue weighted by atomic mass is 35.5. The molecule has 0 radical (unpaired) electrons. The van der Waals surface area contributed by atoms with E-state index in [-0.39, 0.29) is 16.5 Å². The first-order valence-corrected chi connectivity index (χ1v) is 10.7. The summed E-state index contributed by atoms with van der Waals surface area (Å²) in [5.74, 6) is 0. The molecule has 1 aromatic carbocycles. The van der Waals surface area contributed by atoms with E-state index in [1.807, 2.05) is 0 Å². The fourth-order valence-electron chi connectivity index (χ4n) is 2.29. The molecule has 0 saturated heterocycles. The number of hydrogen-bond acceptors (Lipinski definition) is 7. The van der Waals surface area contributed by atoms with Crippen LogP contribution in [0.3, 0.4) is 0 Å². The van der Waals surface area contributed by atoms with Crippen LogP contribution in [-0.2, 0) is 16.4 Å². The Morgan fingerprint density at radius 2 is 2.00 bits per heavy atom. The molecule has 0 fully saturated rings. The number of thiazole rings is 1. The van der Waals surface area contributed by atoms with E-state index in [1.54, 1.807) is 24.4 Å². The molecule has 0 spiro atoms. The normalized spacial score (nSPS) is 11.5. The molecule has 3 rings (SSSR count). The number of hydrogen-bond donors (Lipinski definition) is 2. The van der Waals surface area contributed by atoms with Crippen molar-refractivity contribution in [3.05, 3.63) is 51.6 Å². The third-order valence-corrected chi connectivity index (χ3v) is 6.17. The molecule has 0 aliphatic heterocycles. The number of anilines is 2. The van der Waals surface area contributed by atoms with Crippen LogP contribution in [0, 0.1) is 0 Å². The van der Waals surface area contributed by atoms with E-state index in [0.29, 0.717) is 26.5 Å². The van der Waals surface area contributed by atoms with Crippen LogP contribution in [-0.4, -0.2) is 29.7 Å². The Morgan fingerprint density at radius 3 is 2.62 bits per heavy atom. The number of benzene rings is 1. The molecular weight excluding hydrogens is 417 g/mol. The summed E-state index contributed by atoms with van der Waals surface area (Å²) in [4.78, 5) is 9.14. The largest absolute Gasteiger partial charge is 0.391 e. The van der Waals surface area contributed by atoms with Crippen molar-refractivity contribution < 1.29 is 13.5 Å². The van der Waals surface area contributed by atoms with Crippen molar-refractivity contribution in [2.45, 2.75) is 11.5 Å². The molecular formula is C16H13Cl2N3O3S2. The van der Waals surface area contributed by atoms with E-state index in [1.165, 1.54) is 23.5 Å². The summed E-state index contributed by atoms with van der Waals surface area (Å²) in [7, 11) is -3.39. The van der Waals surface area contributed by atoms with Crippen LogP contribution >= 0.6 is 34.5 Å². The van der Waals surface area contributed by atoms with Crippen LogP contribution in [0.2, 0.25) is 10.2 Å². The minimum Gasteiger partial charge on any atom is -0.391 e. The van der Waals surface area contributed by atoms with Crippen molar-refractivity contribution in [2.24, 2.45) is 0 Å². The molecule has 10 heteroatoms. The molecule has 2 aromatic heterocycles. The third kappa shape index (κ3) is 4.16. The van der Waals surface area contributed by atoms with Gasteiger partial charge in [0.2, 0.25) is 0 Å². The van der Waals surface area contributed by atoms with Gasteiger partial charge in [-0.3, -0.25) is 0 Å². The summed E-state index contributed by atoms with van der Waals surface area (Å²) < 4.78 is 23.3. The standard InChI is InChI=1S/C16H13Cl2N3O3S2/c1-26(23,24)13-3-2-10(7-11(13)17)20-16-21-15(12(8-22)25-16)9-4-5-19-14(18)6-9/h2-7,22H,8H2,1H3,(H,20,21). The fourth-order valence-corrected chi connectivity index (χ4v) is 4.66. The van der Waals surface area contributed by atoms with Gasteiger partial charge in [0.25, 0.3) is 0 Å². The smallest absolute Gasteiger partial charge is 0.188 e. The molecule has 2 N–H and O–H groups in total. The van der Waals surface area contributed by atoms with Crippen LogP contribution < -0.4 is 5.32 Å². The Morgan fingerprint density at radius 1 is 1.23 bits per heavy atom. The lowest BCUT2D eigenvalue weighted by molar-refractivity contribution is 0.286. The number of aliphatic hydroxyl groups excluding tert-OH is 1. The predicted octanol–water partition coefficient (Wildman–Crippen LogP) is 4.15. The lowest BCUT2D eigenvalue weighted by atomic mass is 10.2. The van der Waals surface area contributed by atoms with Gasteiger partial charge in [0, 0.05) is 23.7 Å². The molecule has 0 bridgehead atoms. The zero-order chi connectivity index (χ0) is 18.9. The van der Waals surface area contributed by atoms with Crippen LogP contribution in [0.5, 0.6) is 0 Å². The minimum absolute atomic E-state index is 0.0621. The van der Waals surface area contributed by atoms with E-state index in [0.717, 1.165) is 11.8 Å². The van der Waals surface area contributed by atoms with E-state index in [4.69, 9.17) is 23.2 Å². The van der Waals surface area contributed by atoms with Gasteiger partial charge in [-0.15, -0.1) is 0 Å². The SMILES string of the molecule is CS(=O)(=O)c1ccc(Nc2nc(-c3ccnc(Cl)c3)c(CO)s2)cc1Cl. The quantitative estimate of drug-likeness (QED) is 0.591. The second kappa shape index (κ2) is 7.50. The Balaban J connectivity index is 1.93. The average molecular weight is 430 g/mol. The first kappa shape index (κ1) is 19.1. The lowest BCUT2D eigenvalue weighted by Crippen LogP contribution is -1.99. The number of aromatic nitrogens is 2. The number of pyridine rings is 1. The number of nitrogens with one attached hydrogen (secondary N) is 1. The molecule has 0 unspecified atom stereocenters. The minimum atomic E-state index is -3.39. The van der Waals surface area contributed by atoms with Crippen molar-refractivity contribution in [2.75, 3.05) is 11.6 Å². The highest BCUT2D eigenvalue weighted by Crippen LogP contribution is 2.34. The van der Waals surface area contributed by atoms with Crippen molar-refractivity contribution >= 4 is 55.2 Å². The lowest BCUT2D eigenvalue weighted by Gasteiger charge is -2.06. The highest BCUT2D eigenvalue weighted by Gasteiger charge is 2.15. The molecule has 0 aliphatic rings. The Kier molecular flexibility index (Phi) is 5.50. The van der Waals surface area contributed by atoms with E-state index in [9.17, 15) is 13.5 Å². The van der Waals surface area contributed by atoms with Crippen molar-refractivity contribution in [1.82, 2.24) is 9.97 Å². The predicted molar refractivity (Wildman–Crippen MR) is 104 cm³/mol. The average Bonchev–Trinajstić information content (AvgIpc) is 2.96. The second-order valence-corrected chi connectivity index (χ2v) is 9.22. The number of halogens is 2. The zero-order valence-electron chi connectivity index (χ0n) is 13.4. The number of nitrogens with zero attached hydrogens (tertiary/aromatic N) is 2. The van der Waals surface area contributed by atoms with Gasteiger partial charge in [0.1, 0.15) is 5.15 Å². The van der Waals surface area contributed by atoms with Gasteiger partial charge < -0.3 is 10.4 Å². The first-order valence-electron chi connectivity index (χ1n) is 7.27. The Labute approximate surface area is 164 Å². The molecule has 0 atom stereocenters. The Hall–Kier alpha value is -1.71. The summed E-state index contributed by atoms with van der Waals surface area (Å²) in [5, 5.41) is 13.7. The van der Waals surface area contributed by atoms with E-state index < -0.39 is 9.84 Å². The van der Waals surface area contributed by atoms with Crippen LogP contribution in [0.25, 0.3) is 11.3 Å². The number of rotatable bonds is 5. The summed E-state index contributed by atoms with van der Waals surface area (Å²) in [6.45, 7) is -0.178. The zero-order valence-corrected chi connectivity index (χ0v) is 16.5. The maximum absolute atomic E-state index is 11.6. The maximum atomic E-state index is 11.6. The van der Waals surface area contributed by atoms with Crippen LogP contribution in [0.4, 0.5) is 10.8 Å². The van der Waals surface area contributed by atoms with Gasteiger partial charge >= 0.3 is 0 Å². The molecule has 3 aromatic rings. The highest BCUT2D eigenvalue weighted by molar-refractivity contribution is 7.90. The van der Waals surface area contributed by atoms with Gasteiger partial charge in [0.05, 0.1) is 27.1 Å². The number of aliphatic hydroxyl groups is 1. The van der Waals surface area contributed by atoms with Gasteiger partial charge in [-0.05, 0) is 30.3 Å². The molecule has 2 heterocycles. The fraction of sp³-hybridized carbons (Fsp3) is 0.125.